The molecule has 0 bridgehead atoms. The Morgan fingerprint density at radius 1 is 1.33 bits per heavy atom. The average molecular weight is 290 g/mol. The van der Waals surface area contributed by atoms with E-state index in [1.54, 1.807) is 18.2 Å². The van der Waals surface area contributed by atoms with Crippen LogP contribution in [0.15, 0.2) is 18.2 Å². The number of aromatic nitrogens is 1. The molecule has 2 N–H and O–H groups in total. The molecular weight excluding hydrogens is 264 g/mol. The van der Waals surface area contributed by atoms with E-state index in [4.69, 9.17) is 5.11 Å². The summed E-state index contributed by atoms with van der Waals surface area (Å²) in [7, 11) is 0. The molecule has 21 heavy (non-hydrogen) atoms. The Kier molecular flexibility index (Phi) is 6.18. The molecule has 1 amide bonds. The van der Waals surface area contributed by atoms with Crippen LogP contribution in [-0.4, -0.2) is 16.0 Å². The summed E-state index contributed by atoms with van der Waals surface area (Å²) in [5.41, 5.74) is 0.580. The van der Waals surface area contributed by atoms with Crippen molar-refractivity contribution in [3.8, 4) is 0 Å². The first kappa shape index (κ1) is 16.0. The molecule has 0 radical (unpaired) electrons. The van der Waals surface area contributed by atoms with E-state index < -0.39 is 0 Å². The second-order valence-corrected chi connectivity index (χ2v) is 6.02. The minimum atomic E-state index is -0.105. The summed E-state index contributed by atoms with van der Waals surface area (Å²) in [5, 5.41) is 12.0. The molecule has 4 heteroatoms. The van der Waals surface area contributed by atoms with Crippen molar-refractivity contribution in [2.45, 2.75) is 58.5 Å². The maximum absolute atomic E-state index is 12.3. The Bertz CT molecular complexity index is 454. The zero-order chi connectivity index (χ0) is 15.1. The number of aliphatic hydroxyl groups excluding tert-OH is 1. The fraction of sp³-hybridized carbons (Fsp3) is 0.647. The SMILES string of the molecule is CCCCC1CCC(C(=O)Nc2cccc(CO)n2)CC1. The third-order valence-corrected chi connectivity index (χ3v) is 4.40. The van der Waals surface area contributed by atoms with Crippen molar-refractivity contribution in [2.75, 3.05) is 5.32 Å². The number of anilines is 1. The lowest BCUT2D eigenvalue weighted by atomic mass is 9.79. The molecule has 4 nitrogen and oxygen atoms in total. The number of nitrogens with zero attached hydrogens (tertiary/aromatic N) is 1. The van der Waals surface area contributed by atoms with E-state index in [1.165, 1.54) is 32.1 Å². The molecule has 1 saturated carbocycles. The number of carbonyl (C=O) groups is 1. The highest BCUT2D eigenvalue weighted by atomic mass is 16.3. The van der Waals surface area contributed by atoms with Crippen LogP contribution in [0.5, 0.6) is 0 Å². The molecule has 0 atom stereocenters. The maximum atomic E-state index is 12.3. The lowest BCUT2D eigenvalue weighted by Gasteiger charge is -2.27. The normalized spacial score (nSPS) is 22.0. The van der Waals surface area contributed by atoms with E-state index in [-0.39, 0.29) is 18.4 Å². The van der Waals surface area contributed by atoms with Gasteiger partial charge >= 0.3 is 0 Å². The lowest BCUT2D eigenvalue weighted by molar-refractivity contribution is -0.121. The summed E-state index contributed by atoms with van der Waals surface area (Å²) < 4.78 is 0. The molecule has 1 fully saturated rings. The average Bonchev–Trinajstić information content (AvgIpc) is 2.53. The van der Waals surface area contributed by atoms with E-state index in [0.717, 1.165) is 18.8 Å². The van der Waals surface area contributed by atoms with Gasteiger partial charge in [-0.15, -0.1) is 0 Å². The number of hydrogen-bond acceptors (Lipinski definition) is 3. The van der Waals surface area contributed by atoms with E-state index >= 15 is 0 Å². The third-order valence-electron chi connectivity index (χ3n) is 4.40. The van der Waals surface area contributed by atoms with E-state index in [9.17, 15) is 4.79 Å². The predicted molar refractivity (Wildman–Crippen MR) is 83.8 cm³/mol. The molecule has 1 aromatic heterocycles. The highest BCUT2D eigenvalue weighted by Gasteiger charge is 2.26. The molecule has 1 heterocycles. The van der Waals surface area contributed by atoms with Crippen LogP contribution in [0.4, 0.5) is 5.82 Å². The Balaban J connectivity index is 1.81. The van der Waals surface area contributed by atoms with Crippen LogP contribution in [0.1, 0.15) is 57.6 Å². The van der Waals surface area contributed by atoms with Crippen LogP contribution in [0.3, 0.4) is 0 Å². The summed E-state index contributed by atoms with van der Waals surface area (Å²) in [6.07, 6.45) is 8.18. The molecule has 1 aromatic rings. The van der Waals surface area contributed by atoms with Gasteiger partial charge in [-0.1, -0.05) is 32.3 Å². The Morgan fingerprint density at radius 3 is 2.76 bits per heavy atom. The van der Waals surface area contributed by atoms with E-state index in [1.807, 2.05) is 0 Å². The van der Waals surface area contributed by atoms with Crippen LogP contribution in [-0.2, 0) is 11.4 Å². The quantitative estimate of drug-likeness (QED) is 0.842. The smallest absolute Gasteiger partial charge is 0.228 e. The first-order valence-electron chi connectivity index (χ1n) is 8.10. The second-order valence-electron chi connectivity index (χ2n) is 6.02. The highest BCUT2D eigenvalue weighted by Crippen LogP contribution is 2.32. The van der Waals surface area contributed by atoms with Crippen molar-refractivity contribution in [2.24, 2.45) is 11.8 Å². The first-order valence-corrected chi connectivity index (χ1v) is 8.10. The number of nitrogens with one attached hydrogen (secondary N) is 1. The van der Waals surface area contributed by atoms with Crippen molar-refractivity contribution in [1.29, 1.82) is 0 Å². The topological polar surface area (TPSA) is 62.2 Å². The van der Waals surface area contributed by atoms with Gasteiger partial charge in [0.25, 0.3) is 0 Å². The largest absolute Gasteiger partial charge is 0.390 e. The molecule has 116 valence electrons. The fourth-order valence-electron chi connectivity index (χ4n) is 3.07. The number of carbonyl (C=O) groups excluding carboxylic acids is 1. The Hall–Kier alpha value is -1.42. The summed E-state index contributed by atoms with van der Waals surface area (Å²) in [6.45, 7) is 2.12. The van der Waals surface area contributed by atoms with Gasteiger partial charge in [0.1, 0.15) is 5.82 Å². The van der Waals surface area contributed by atoms with Gasteiger partial charge in [0, 0.05) is 5.92 Å². The number of amides is 1. The number of rotatable bonds is 6. The van der Waals surface area contributed by atoms with Gasteiger partial charge in [-0.2, -0.15) is 0 Å². The van der Waals surface area contributed by atoms with E-state index in [2.05, 4.69) is 17.2 Å². The van der Waals surface area contributed by atoms with Crippen LogP contribution < -0.4 is 5.32 Å². The van der Waals surface area contributed by atoms with Gasteiger partial charge < -0.3 is 10.4 Å². The van der Waals surface area contributed by atoms with Crippen molar-refractivity contribution >= 4 is 11.7 Å². The summed E-state index contributed by atoms with van der Waals surface area (Å²) in [5.74, 6) is 1.54. The van der Waals surface area contributed by atoms with Gasteiger partial charge in [-0.25, -0.2) is 4.98 Å². The monoisotopic (exact) mass is 290 g/mol. The minimum Gasteiger partial charge on any atom is -0.390 e. The number of hydrogen-bond donors (Lipinski definition) is 2. The standard InChI is InChI=1S/C17H26N2O2/c1-2-3-5-13-8-10-14(11-9-13)17(21)19-16-7-4-6-15(12-20)18-16/h4,6-7,13-14,20H,2-3,5,8-12H2,1H3,(H,18,19,21). The first-order chi connectivity index (χ1) is 10.2. The lowest BCUT2D eigenvalue weighted by Crippen LogP contribution is -2.27. The van der Waals surface area contributed by atoms with Gasteiger partial charge in [0.2, 0.25) is 5.91 Å². The number of unbranched alkanes of at least 4 members (excludes halogenated alkanes) is 1. The van der Waals surface area contributed by atoms with Crippen LogP contribution in [0.25, 0.3) is 0 Å². The molecule has 2 rings (SSSR count). The second kappa shape index (κ2) is 8.13. The summed E-state index contributed by atoms with van der Waals surface area (Å²) in [4.78, 5) is 16.5. The molecule has 0 unspecified atom stereocenters. The molecule has 0 aliphatic heterocycles. The van der Waals surface area contributed by atoms with Gasteiger partial charge in [0.15, 0.2) is 0 Å². The van der Waals surface area contributed by atoms with Gasteiger partial charge in [0.05, 0.1) is 12.3 Å². The predicted octanol–water partition coefficient (Wildman–Crippen LogP) is 3.51. The molecular formula is C17H26N2O2. The fourth-order valence-corrected chi connectivity index (χ4v) is 3.07. The molecule has 0 saturated heterocycles. The summed E-state index contributed by atoms with van der Waals surface area (Å²) >= 11 is 0. The number of pyridine rings is 1. The van der Waals surface area contributed by atoms with E-state index in [0.29, 0.717) is 11.5 Å². The molecule has 1 aliphatic carbocycles. The number of aliphatic hydroxyl groups is 1. The zero-order valence-electron chi connectivity index (χ0n) is 12.8. The maximum Gasteiger partial charge on any atom is 0.228 e. The summed E-state index contributed by atoms with van der Waals surface area (Å²) in [6, 6.07) is 5.31. The van der Waals surface area contributed by atoms with Crippen molar-refractivity contribution in [3.05, 3.63) is 23.9 Å². The molecule has 0 spiro atoms. The van der Waals surface area contributed by atoms with Crippen LogP contribution in [0.2, 0.25) is 0 Å². The van der Waals surface area contributed by atoms with Gasteiger partial charge in [-0.3, -0.25) is 4.79 Å². The zero-order valence-corrected chi connectivity index (χ0v) is 12.8. The van der Waals surface area contributed by atoms with Crippen LogP contribution >= 0.6 is 0 Å². The minimum absolute atomic E-state index is 0.0755. The highest BCUT2D eigenvalue weighted by molar-refractivity contribution is 5.91. The Morgan fingerprint density at radius 2 is 2.10 bits per heavy atom. The third kappa shape index (κ3) is 4.81. The van der Waals surface area contributed by atoms with Crippen molar-refractivity contribution in [1.82, 2.24) is 4.98 Å². The Labute approximate surface area is 127 Å². The van der Waals surface area contributed by atoms with Crippen molar-refractivity contribution < 1.29 is 9.90 Å². The molecule has 1 aliphatic rings. The van der Waals surface area contributed by atoms with Crippen LogP contribution in [0, 0.1) is 11.8 Å². The van der Waals surface area contributed by atoms with Crippen molar-refractivity contribution in [3.63, 3.8) is 0 Å². The molecule has 0 aromatic carbocycles. The van der Waals surface area contributed by atoms with Gasteiger partial charge in [-0.05, 0) is 43.7 Å².